The average molecular weight is 175 g/mol. The van der Waals surface area contributed by atoms with Gasteiger partial charge >= 0.3 is 5.97 Å². The van der Waals surface area contributed by atoms with Crippen LogP contribution in [0.25, 0.3) is 0 Å². The molecule has 0 aromatic carbocycles. The Morgan fingerprint density at radius 2 is 2.08 bits per heavy atom. The van der Waals surface area contributed by atoms with Crippen molar-refractivity contribution in [2.75, 3.05) is 13.2 Å². The summed E-state index contributed by atoms with van der Waals surface area (Å²) < 4.78 is 4.93. The van der Waals surface area contributed by atoms with Gasteiger partial charge in [-0.2, -0.15) is 0 Å². The number of rotatable bonds is 5. The SMILES string of the molecule is CC(C)OC(=O)C(C)NCCO. The van der Waals surface area contributed by atoms with Crippen molar-refractivity contribution in [1.29, 1.82) is 0 Å². The molecule has 0 radical (unpaired) electrons. The van der Waals surface area contributed by atoms with Crippen molar-refractivity contribution in [1.82, 2.24) is 5.32 Å². The third-order valence-electron chi connectivity index (χ3n) is 1.27. The molecule has 4 nitrogen and oxygen atoms in total. The Kier molecular flexibility index (Phi) is 5.66. The van der Waals surface area contributed by atoms with E-state index in [9.17, 15) is 4.79 Å². The van der Waals surface area contributed by atoms with E-state index in [1.807, 2.05) is 0 Å². The quantitative estimate of drug-likeness (QED) is 0.573. The first-order valence-corrected chi connectivity index (χ1v) is 4.12. The second-order valence-corrected chi connectivity index (χ2v) is 2.89. The van der Waals surface area contributed by atoms with Crippen molar-refractivity contribution in [2.45, 2.75) is 32.9 Å². The minimum absolute atomic E-state index is 0.0271. The molecule has 0 bridgehead atoms. The molecule has 0 saturated carbocycles. The van der Waals surface area contributed by atoms with Gasteiger partial charge in [-0.15, -0.1) is 0 Å². The van der Waals surface area contributed by atoms with Gasteiger partial charge in [-0.25, -0.2) is 0 Å². The summed E-state index contributed by atoms with van der Waals surface area (Å²) in [5.41, 5.74) is 0. The lowest BCUT2D eigenvalue weighted by Crippen LogP contribution is -2.37. The van der Waals surface area contributed by atoms with Crippen molar-refractivity contribution in [3.05, 3.63) is 0 Å². The molecule has 0 aliphatic rings. The first-order chi connectivity index (χ1) is 5.57. The maximum absolute atomic E-state index is 11.1. The van der Waals surface area contributed by atoms with Gasteiger partial charge in [-0.05, 0) is 20.8 Å². The molecule has 0 aliphatic carbocycles. The van der Waals surface area contributed by atoms with Gasteiger partial charge in [0.15, 0.2) is 0 Å². The van der Waals surface area contributed by atoms with E-state index in [0.717, 1.165) is 0 Å². The molecule has 0 heterocycles. The molecule has 12 heavy (non-hydrogen) atoms. The number of aliphatic hydroxyl groups excluding tert-OH is 1. The Labute approximate surface area is 72.9 Å². The van der Waals surface area contributed by atoms with E-state index < -0.39 is 0 Å². The lowest BCUT2D eigenvalue weighted by molar-refractivity contribution is -0.149. The molecule has 0 amide bonds. The van der Waals surface area contributed by atoms with Crippen LogP contribution in [0.3, 0.4) is 0 Å². The van der Waals surface area contributed by atoms with Crippen molar-refractivity contribution >= 4 is 5.97 Å². The summed E-state index contributed by atoms with van der Waals surface area (Å²) in [5, 5.41) is 11.3. The van der Waals surface area contributed by atoms with E-state index in [1.165, 1.54) is 0 Å². The molecule has 0 aliphatic heterocycles. The lowest BCUT2D eigenvalue weighted by Gasteiger charge is -2.14. The van der Waals surface area contributed by atoms with Gasteiger partial charge in [-0.1, -0.05) is 0 Å². The highest BCUT2D eigenvalue weighted by Gasteiger charge is 2.13. The van der Waals surface area contributed by atoms with Crippen LogP contribution in [0.2, 0.25) is 0 Å². The molecule has 72 valence electrons. The third-order valence-corrected chi connectivity index (χ3v) is 1.27. The highest BCUT2D eigenvalue weighted by Crippen LogP contribution is 1.93. The van der Waals surface area contributed by atoms with Gasteiger partial charge in [0, 0.05) is 6.54 Å². The van der Waals surface area contributed by atoms with Gasteiger partial charge in [0.25, 0.3) is 0 Å². The van der Waals surface area contributed by atoms with Crippen LogP contribution in [-0.2, 0) is 9.53 Å². The summed E-state index contributed by atoms with van der Waals surface area (Å²) in [7, 11) is 0. The number of hydrogen-bond donors (Lipinski definition) is 2. The molecule has 0 aromatic heterocycles. The number of esters is 1. The first kappa shape index (κ1) is 11.4. The van der Waals surface area contributed by atoms with E-state index in [1.54, 1.807) is 20.8 Å². The van der Waals surface area contributed by atoms with Gasteiger partial charge in [0.1, 0.15) is 6.04 Å². The fourth-order valence-electron chi connectivity index (χ4n) is 0.699. The molecule has 4 heteroatoms. The maximum Gasteiger partial charge on any atom is 0.323 e. The summed E-state index contributed by atoms with van der Waals surface area (Å²) >= 11 is 0. The third kappa shape index (κ3) is 5.09. The van der Waals surface area contributed by atoms with E-state index in [2.05, 4.69) is 5.32 Å². The minimum Gasteiger partial charge on any atom is -0.462 e. The number of aliphatic hydroxyl groups is 1. The molecule has 2 N–H and O–H groups in total. The van der Waals surface area contributed by atoms with Crippen LogP contribution >= 0.6 is 0 Å². The lowest BCUT2D eigenvalue weighted by atomic mass is 10.3. The monoisotopic (exact) mass is 175 g/mol. The zero-order valence-electron chi connectivity index (χ0n) is 7.83. The van der Waals surface area contributed by atoms with Gasteiger partial charge in [0.05, 0.1) is 12.7 Å². The summed E-state index contributed by atoms with van der Waals surface area (Å²) in [6.07, 6.45) is -0.0872. The van der Waals surface area contributed by atoms with Crippen LogP contribution in [0.1, 0.15) is 20.8 Å². The van der Waals surface area contributed by atoms with Crippen LogP contribution in [0, 0.1) is 0 Å². The summed E-state index contributed by atoms with van der Waals surface area (Å²) in [5.74, 6) is -0.279. The summed E-state index contributed by atoms with van der Waals surface area (Å²) in [6, 6.07) is -0.348. The second-order valence-electron chi connectivity index (χ2n) is 2.89. The number of carbonyl (C=O) groups is 1. The van der Waals surface area contributed by atoms with Crippen molar-refractivity contribution in [3.63, 3.8) is 0 Å². The molecule has 0 fully saturated rings. The van der Waals surface area contributed by atoms with Crippen molar-refractivity contribution in [2.24, 2.45) is 0 Å². The first-order valence-electron chi connectivity index (χ1n) is 4.12. The Hall–Kier alpha value is -0.610. The predicted octanol–water partition coefficient (Wildman–Crippen LogP) is -0.0916. The van der Waals surface area contributed by atoms with Crippen molar-refractivity contribution < 1.29 is 14.6 Å². The average Bonchev–Trinajstić information content (AvgIpc) is 1.98. The molecule has 0 spiro atoms. The Balaban J connectivity index is 3.61. The van der Waals surface area contributed by atoms with Crippen LogP contribution in [0.15, 0.2) is 0 Å². The molecule has 1 atom stereocenters. The Morgan fingerprint density at radius 1 is 1.50 bits per heavy atom. The topological polar surface area (TPSA) is 58.6 Å². The molecular formula is C8H17NO3. The largest absolute Gasteiger partial charge is 0.462 e. The van der Waals surface area contributed by atoms with Crippen LogP contribution in [0.5, 0.6) is 0 Å². The minimum atomic E-state index is -0.348. The number of nitrogens with one attached hydrogen (secondary N) is 1. The number of carbonyl (C=O) groups excluding carboxylic acids is 1. The van der Waals surface area contributed by atoms with Crippen molar-refractivity contribution in [3.8, 4) is 0 Å². The highest BCUT2D eigenvalue weighted by molar-refractivity contribution is 5.75. The van der Waals surface area contributed by atoms with E-state index in [4.69, 9.17) is 9.84 Å². The molecule has 0 saturated heterocycles. The summed E-state index contributed by atoms with van der Waals surface area (Å²) in [4.78, 5) is 11.1. The van der Waals surface area contributed by atoms with Gasteiger partial charge in [0.2, 0.25) is 0 Å². The normalized spacial score (nSPS) is 13.1. The van der Waals surface area contributed by atoms with E-state index >= 15 is 0 Å². The summed E-state index contributed by atoms with van der Waals surface area (Å²) in [6.45, 7) is 5.75. The number of hydrogen-bond acceptors (Lipinski definition) is 4. The van der Waals surface area contributed by atoms with Gasteiger partial charge < -0.3 is 15.2 Å². The standard InChI is InChI=1S/C8H17NO3/c1-6(2)12-8(11)7(3)9-4-5-10/h6-7,9-10H,4-5H2,1-3H3. The van der Waals surface area contributed by atoms with E-state index in [0.29, 0.717) is 6.54 Å². The molecule has 0 rings (SSSR count). The Bertz CT molecular complexity index is 136. The fourth-order valence-corrected chi connectivity index (χ4v) is 0.699. The molecule has 0 aromatic rings. The second kappa shape index (κ2) is 5.97. The van der Waals surface area contributed by atoms with Crippen LogP contribution in [0.4, 0.5) is 0 Å². The Morgan fingerprint density at radius 3 is 2.50 bits per heavy atom. The number of ether oxygens (including phenoxy) is 1. The smallest absolute Gasteiger partial charge is 0.323 e. The predicted molar refractivity (Wildman–Crippen MR) is 45.8 cm³/mol. The molecular weight excluding hydrogens is 158 g/mol. The fraction of sp³-hybridized carbons (Fsp3) is 0.875. The van der Waals surface area contributed by atoms with Crippen LogP contribution < -0.4 is 5.32 Å². The maximum atomic E-state index is 11.1. The highest BCUT2D eigenvalue weighted by atomic mass is 16.5. The molecule has 1 unspecified atom stereocenters. The van der Waals surface area contributed by atoms with Gasteiger partial charge in [-0.3, -0.25) is 4.79 Å². The van der Waals surface area contributed by atoms with Crippen LogP contribution in [-0.4, -0.2) is 36.4 Å². The van der Waals surface area contributed by atoms with E-state index in [-0.39, 0.29) is 24.7 Å². The zero-order chi connectivity index (χ0) is 9.56. The zero-order valence-corrected chi connectivity index (χ0v) is 7.83.